The summed E-state index contributed by atoms with van der Waals surface area (Å²) >= 11 is 2.01. The van der Waals surface area contributed by atoms with Gasteiger partial charge in [-0.2, -0.15) is 16.9 Å². The number of hydrogen-bond donors (Lipinski definition) is 2. The van der Waals surface area contributed by atoms with Crippen LogP contribution in [0.3, 0.4) is 0 Å². The van der Waals surface area contributed by atoms with Crippen LogP contribution in [0.15, 0.2) is 0 Å². The lowest BCUT2D eigenvalue weighted by atomic mass is 10.1. The van der Waals surface area contributed by atoms with Crippen molar-refractivity contribution in [1.29, 1.82) is 0 Å². The van der Waals surface area contributed by atoms with Crippen LogP contribution < -0.4 is 5.32 Å². The highest BCUT2D eigenvalue weighted by molar-refractivity contribution is 7.99. The highest BCUT2D eigenvalue weighted by Gasteiger charge is 2.24. The van der Waals surface area contributed by atoms with Gasteiger partial charge >= 0.3 is 0 Å². The maximum atomic E-state index is 4.63. The molecule has 2 saturated heterocycles. The maximum Gasteiger partial charge on any atom is 0.154 e. The van der Waals surface area contributed by atoms with Crippen molar-refractivity contribution < 1.29 is 0 Å². The van der Waals surface area contributed by atoms with Crippen LogP contribution in [0.5, 0.6) is 0 Å². The number of nitrogens with one attached hydrogen (secondary N) is 2. The van der Waals surface area contributed by atoms with Gasteiger partial charge in [-0.1, -0.05) is 0 Å². The van der Waals surface area contributed by atoms with E-state index in [-0.39, 0.29) is 0 Å². The quantitative estimate of drug-likeness (QED) is 0.798. The van der Waals surface area contributed by atoms with E-state index in [0.717, 1.165) is 18.2 Å². The van der Waals surface area contributed by atoms with Crippen LogP contribution in [0.25, 0.3) is 0 Å². The standard InChI is InChI=1S/C10H16N4S/c1-2-8(11-4-1)10-12-9(13-14-10)7-3-5-15-6-7/h7-8,11H,1-6H2,(H,12,13,14). The Morgan fingerprint density at radius 3 is 3.07 bits per heavy atom. The first-order valence-corrected chi connectivity index (χ1v) is 6.82. The first-order valence-electron chi connectivity index (χ1n) is 5.67. The molecule has 2 atom stereocenters. The molecule has 4 nitrogen and oxygen atoms in total. The Morgan fingerprint density at radius 1 is 1.33 bits per heavy atom. The SMILES string of the molecule is C1CNC(c2nc(C3CCSC3)n[nH]2)C1. The lowest BCUT2D eigenvalue weighted by molar-refractivity contribution is 0.606. The molecular weight excluding hydrogens is 208 g/mol. The van der Waals surface area contributed by atoms with E-state index < -0.39 is 0 Å². The summed E-state index contributed by atoms with van der Waals surface area (Å²) in [6, 6.07) is 0.417. The molecule has 2 aliphatic rings. The van der Waals surface area contributed by atoms with E-state index in [4.69, 9.17) is 0 Å². The average Bonchev–Trinajstić information content (AvgIpc) is 3.02. The van der Waals surface area contributed by atoms with Crippen LogP contribution >= 0.6 is 11.8 Å². The van der Waals surface area contributed by atoms with Crippen molar-refractivity contribution >= 4 is 11.8 Å². The summed E-state index contributed by atoms with van der Waals surface area (Å²) in [5.41, 5.74) is 0. The van der Waals surface area contributed by atoms with Crippen molar-refractivity contribution in [3.05, 3.63) is 11.6 Å². The van der Waals surface area contributed by atoms with Crippen LogP contribution in [0, 0.1) is 0 Å². The van der Waals surface area contributed by atoms with Crippen LogP contribution in [0.4, 0.5) is 0 Å². The summed E-state index contributed by atoms with van der Waals surface area (Å²) < 4.78 is 0. The van der Waals surface area contributed by atoms with E-state index in [1.165, 1.54) is 30.8 Å². The third-order valence-electron chi connectivity index (χ3n) is 3.21. The third-order valence-corrected chi connectivity index (χ3v) is 4.37. The van der Waals surface area contributed by atoms with Gasteiger partial charge in [-0.25, -0.2) is 4.98 Å². The van der Waals surface area contributed by atoms with Crippen molar-refractivity contribution in [2.24, 2.45) is 0 Å². The molecule has 0 aromatic carbocycles. The lowest BCUT2D eigenvalue weighted by Crippen LogP contribution is -2.14. The third kappa shape index (κ3) is 1.90. The molecule has 0 spiro atoms. The molecule has 3 rings (SSSR count). The minimum atomic E-state index is 0.417. The Labute approximate surface area is 93.6 Å². The molecule has 5 heteroatoms. The van der Waals surface area contributed by atoms with E-state index in [2.05, 4.69) is 20.5 Å². The summed E-state index contributed by atoms with van der Waals surface area (Å²) in [6.07, 6.45) is 3.67. The minimum absolute atomic E-state index is 0.417. The van der Waals surface area contributed by atoms with Gasteiger partial charge in [0, 0.05) is 11.7 Å². The van der Waals surface area contributed by atoms with E-state index in [1.54, 1.807) is 0 Å². The largest absolute Gasteiger partial charge is 0.307 e. The predicted octanol–water partition coefficient (Wildman–Crippen LogP) is 1.45. The van der Waals surface area contributed by atoms with Crippen LogP contribution in [0.1, 0.15) is 42.9 Å². The zero-order valence-corrected chi connectivity index (χ0v) is 9.52. The van der Waals surface area contributed by atoms with Crippen molar-refractivity contribution in [2.75, 3.05) is 18.1 Å². The second kappa shape index (κ2) is 4.14. The molecule has 1 aromatic heterocycles. The fraction of sp³-hybridized carbons (Fsp3) is 0.800. The first-order chi connectivity index (χ1) is 7.43. The van der Waals surface area contributed by atoms with Gasteiger partial charge in [0.25, 0.3) is 0 Å². The lowest BCUT2D eigenvalue weighted by Gasteiger charge is -2.04. The molecule has 0 amide bonds. The predicted molar refractivity (Wildman–Crippen MR) is 61.0 cm³/mol. The Hall–Kier alpha value is -0.550. The molecule has 15 heavy (non-hydrogen) atoms. The molecule has 2 aliphatic heterocycles. The number of rotatable bonds is 2. The highest BCUT2D eigenvalue weighted by Crippen LogP contribution is 2.31. The fourth-order valence-corrected chi connectivity index (χ4v) is 3.50. The van der Waals surface area contributed by atoms with Crippen LogP contribution in [-0.4, -0.2) is 33.2 Å². The number of H-pyrrole nitrogens is 1. The molecule has 2 unspecified atom stereocenters. The zero-order valence-electron chi connectivity index (χ0n) is 8.70. The first kappa shape index (κ1) is 9.66. The van der Waals surface area contributed by atoms with Gasteiger partial charge in [0.15, 0.2) is 5.82 Å². The van der Waals surface area contributed by atoms with Crippen LogP contribution in [0.2, 0.25) is 0 Å². The van der Waals surface area contributed by atoms with Gasteiger partial charge in [-0.15, -0.1) is 0 Å². The zero-order chi connectivity index (χ0) is 10.1. The second-order valence-corrected chi connectivity index (χ2v) is 5.44. The molecule has 0 radical (unpaired) electrons. The molecule has 0 bridgehead atoms. The molecule has 0 aliphatic carbocycles. The topological polar surface area (TPSA) is 53.6 Å². The number of aromatic nitrogens is 3. The number of thioether (sulfide) groups is 1. The van der Waals surface area contributed by atoms with Gasteiger partial charge in [0.1, 0.15) is 5.82 Å². The van der Waals surface area contributed by atoms with Crippen molar-refractivity contribution in [3.63, 3.8) is 0 Å². The van der Waals surface area contributed by atoms with Gasteiger partial charge in [-0.3, -0.25) is 5.10 Å². The molecule has 1 aromatic rings. The van der Waals surface area contributed by atoms with Gasteiger partial charge in [-0.05, 0) is 31.6 Å². The van der Waals surface area contributed by atoms with Crippen molar-refractivity contribution in [3.8, 4) is 0 Å². The molecule has 3 heterocycles. The van der Waals surface area contributed by atoms with E-state index in [9.17, 15) is 0 Å². The fourth-order valence-electron chi connectivity index (χ4n) is 2.28. The normalized spacial score (nSPS) is 31.2. The molecule has 82 valence electrons. The summed E-state index contributed by atoms with van der Waals surface area (Å²) in [6.45, 7) is 1.11. The molecule has 2 fully saturated rings. The Kier molecular flexibility index (Phi) is 2.66. The van der Waals surface area contributed by atoms with Gasteiger partial charge in [0.2, 0.25) is 0 Å². The van der Waals surface area contributed by atoms with E-state index in [1.807, 2.05) is 11.8 Å². The number of aromatic amines is 1. The maximum absolute atomic E-state index is 4.63. The molecular formula is C10H16N4S. The Morgan fingerprint density at radius 2 is 2.33 bits per heavy atom. The molecule has 2 N–H and O–H groups in total. The Bertz CT molecular complexity index is 295. The molecule has 0 saturated carbocycles. The van der Waals surface area contributed by atoms with Gasteiger partial charge in [0.05, 0.1) is 6.04 Å². The number of hydrogen-bond acceptors (Lipinski definition) is 4. The van der Waals surface area contributed by atoms with Crippen molar-refractivity contribution in [1.82, 2.24) is 20.5 Å². The summed E-state index contributed by atoms with van der Waals surface area (Å²) in [7, 11) is 0. The minimum Gasteiger partial charge on any atom is -0.307 e. The van der Waals surface area contributed by atoms with Crippen molar-refractivity contribution in [2.45, 2.75) is 31.2 Å². The van der Waals surface area contributed by atoms with E-state index in [0.29, 0.717) is 12.0 Å². The second-order valence-electron chi connectivity index (χ2n) is 4.29. The smallest absolute Gasteiger partial charge is 0.154 e. The van der Waals surface area contributed by atoms with Crippen LogP contribution in [-0.2, 0) is 0 Å². The van der Waals surface area contributed by atoms with E-state index >= 15 is 0 Å². The Balaban J connectivity index is 1.74. The summed E-state index contributed by atoms with van der Waals surface area (Å²) in [5, 5.41) is 10.9. The summed E-state index contributed by atoms with van der Waals surface area (Å²) in [5.74, 6) is 5.11. The monoisotopic (exact) mass is 224 g/mol. The summed E-state index contributed by atoms with van der Waals surface area (Å²) in [4.78, 5) is 4.63. The van der Waals surface area contributed by atoms with Gasteiger partial charge < -0.3 is 5.32 Å². The number of nitrogens with zero attached hydrogens (tertiary/aromatic N) is 2. The highest BCUT2D eigenvalue weighted by atomic mass is 32.2. The average molecular weight is 224 g/mol.